The van der Waals surface area contributed by atoms with Gasteiger partial charge in [0.1, 0.15) is 6.61 Å². The van der Waals surface area contributed by atoms with Gasteiger partial charge in [-0.25, -0.2) is 4.79 Å². The van der Waals surface area contributed by atoms with Crippen molar-refractivity contribution in [2.45, 2.75) is 77.4 Å². The zero-order valence-corrected chi connectivity index (χ0v) is 16.7. The summed E-state index contributed by atoms with van der Waals surface area (Å²) in [6, 6.07) is 0. The number of fused-ring (bicyclic) bond motifs is 5. The Kier molecular flexibility index (Phi) is 4.08. The second-order valence-electron chi connectivity index (χ2n) is 10.7. The van der Waals surface area contributed by atoms with Gasteiger partial charge in [0, 0.05) is 11.5 Å². The predicted molar refractivity (Wildman–Crippen MR) is 102 cm³/mol. The van der Waals surface area contributed by atoms with Crippen molar-refractivity contribution in [2.75, 3.05) is 6.61 Å². The lowest BCUT2D eigenvalue weighted by Crippen LogP contribution is -2.58. The van der Waals surface area contributed by atoms with Crippen LogP contribution in [0, 0.1) is 40.4 Å². The average Bonchev–Trinajstić information content (AvgIpc) is 3.20. The molecule has 1 aliphatic heterocycles. The fourth-order valence-electron chi connectivity index (χ4n) is 8.39. The quantitative estimate of drug-likeness (QED) is 0.690. The van der Waals surface area contributed by atoms with Crippen molar-refractivity contribution < 1.29 is 19.7 Å². The molecule has 0 aromatic rings. The molecule has 4 aliphatic carbocycles. The molecule has 0 amide bonds. The highest BCUT2D eigenvalue weighted by molar-refractivity contribution is 5.85. The van der Waals surface area contributed by atoms with Crippen LogP contribution < -0.4 is 0 Å². The molecule has 0 bridgehead atoms. The minimum atomic E-state index is -0.310. The summed E-state index contributed by atoms with van der Waals surface area (Å²) >= 11 is 0. The fourth-order valence-corrected chi connectivity index (χ4v) is 8.39. The maximum atomic E-state index is 11.6. The molecule has 5 rings (SSSR count). The van der Waals surface area contributed by atoms with E-state index in [9.17, 15) is 15.0 Å². The maximum Gasteiger partial charge on any atom is 0.331 e. The zero-order valence-electron chi connectivity index (χ0n) is 16.7. The van der Waals surface area contributed by atoms with E-state index in [1.165, 1.54) is 12.8 Å². The average molecular weight is 375 g/mol. The van der Waals surface area contributed by atoms with Crippen LogP contribution in [0.3, 0.4) is 0 Å². The number of ether oxygens (including phenoxy) is 1. The third-order valence-electron chi connectivity index (χ3n) is 9.88. The van der Waals surface area contributed by atoms with Crippen LogP contribution in [0.25, 0.3) is 0 Å². The van der Waals surface area contributed by atoms with E-state index in [1.807, 2.05) is 0 Å². The van der Waals surface area contributed by atoms with Crippen LogP contribution in [0.5, 0.6) is 0 Å². The number of esters is 1. The van der Waals surface area contributed by atoms with Gasteiger partial charge in [-0.3, -0.25) is 0 Å². The molecular formula is C23H34O4. The molecule has 0 radical (unpaired) electrons. The molecule has 0 spiro atoms. The molecule has 4 fully saturated rings. The second kappa shape index (κ2) is 6.06. The van der Waals surface area contributed by atoms with Crippen LogP contribution in [0.2, 0.25) is 0 Å². The lowest BCUT2D eigenvalue weighted by molar-refractivity contribution is -0.168. The second-order valence-corrected chi connectivity index (χ2v) is 10.7. The number of hydrogen-bond donors (Lipinski definition) is 2. The highest BCUT2D eigenvalue weighted by Crippen LogP contribution is 2.68. The molecule has 9 atom stereocenters. The fraction of sp³-hybridized carbons (Fsp3) is 0.870. The molecule has 1 heterocycles. The Bertz CT molecular complexity index is 671. The SMILES string of the molecule is C[C@]12CC[C@H](O)C[C@H]1CC[C@H]1C3CC[C@H](C4=CC(=O)OC4)[C@@]3(C)[C@H](O)C[C@@H]12. The van der Waals surface area contributed by atoms with E-state index in [0.717, 1.165) is 44.1 Å². The van der Waals surface area contributed by atoms with Crippen LogP contribution in [0.15, 0.2) is 11.6 Å². The number of hydrogen-bond acceptors (Lipinski definition) is 4. The summed E-state index contributed by atoms with van der Waals surface area (Å²) < 4.78 is 5.20. The van der Waals surface area contributed by atoms with E-state index >= 15 is 0 Å². The molecule has 150 valence electrons. The van der Waals surface area contributed by atoms with Crippen LogP contribution in [-0.2, 0) is 9.53 Å². The molecule has 0 saturated heterocycles. The maximum absolute atomic E-state index is 11.6. The van der Waals surface area contributed by atoms with Crippen LogP contribution >= 0.6 is 0 Å². The first-order chi connectivity index (χ1) is 12.8. The third kappa shape index (κ3) is 2.45. The summed E-state index contributed by atoms with van der Waals surface area (Å²) in [5, 5.41) is 21.6. The molecule has 1 unspecified atom stereocenters. The largest absolute Gasteiger partial charge is 0.458 e. The van der Waals surface area contributed by atoms with Gasteiger partial charge in [0.15, 0.2) is 0 Å². The van der Waals surface area contributed by atoms with Crippen molar-refractivity contribution >= 4 is 5.97 Å². The van der Waals surface area contributed by atoms with E-state index < -0.39 is 0 Å². The number of aliphatic hydroxyl groups excluding tert-OH is 2. The van der Waals surface area contributed by atoms with Gasteiger partial charge in [-0.15, -0.1) is 0 Å². The Balaban J connectivity index is 1.46. The van der Waals surface area contributed by atoms with Gasteiger partial charge in [-0.05, 0) is 91.9 Å². The Hall–Kier alpha value is -0.870. The van der Waals surface area contributed by atoms with Crippen LogP contribution in [0.4, 0.5) is 0 Å². The minimum Gasteiger partial charge on any atom is -0.458 e. The van der Waals surface area contributed by atoms with E-state index in [1.54, 1.807) is 6.08 Å². The van der Waals surface area contributed by atoms with Crippen molar-refractivity contribution in [2.24, 2.45) is 40.4 Å². The molecule has 5 aliphatic rings. The van der Waals surface area contributed by atoms with Gasteiger partial charge < -0.3 is 14.9 Å². The van der Waals surface area contributed by atoms with Crippen molar-refractivity contribution in [3.63, 3.8) is 0 Å². The number of carbonyl (C=O) groups is 1. The first-order valence-electron chi connectivity index (χ1n) is 11.1. The van der Waals surface area contributed by atoms with Crippen molar-refractivity contribution in [3.05, 3.63) is 11.6 Å². The van der Waals surface area contributed by atoms with E-state index in [0.29, 0.717) is 30.3 Å². The third-order valence-corrected chi connectivity index (χ3v) is 9.88. The monoisotopic (exact) mass is 374 g/mol. The summed E-state index contributed by atoms with van der Waals surface area (Å²) in [6.07, 6.45) is 9.83. The van der Waals surface area contributed by atoms with Gasteiger partial charge in [0.2, 0.25) is 0 Å². The number of aliphatic hydroxyl groups is 2. The molecule has 0 aromatic heterocycles. The van der Waals surface area contributed by atoms with Crippen LogP contribution in [0.1, 0.15) is 65.2 Å². The molecule has 4 nitrogen and oxygen atoms in total. The normalized spacial score (nSPS) is 54.6. The smallest absolute Gasteiger partial charge is 0.331 e. The molecule has 27 heavy (non-hydrogen) atoms. The number of carbonyl (C=O) groups excluding carboxylic acids is 1. The van der Waals surface area contributed by atoms with E-state index in [4.69, 9.17) is 4.74 Å². The lowest BCUT2D eigenvalue weighted by atomic mass is 9.44. The highest BCUT2D eigenvalue weighted by atomic mass is 16.5. The Morgan fingerprint density at radius 2 is 1.85 bits per heavy atom. The predicted octanol–water partition coefficient (Wildman–Crippen LogP) is 3.46. The standard InChI is InChI=1S/C23H34O4/c1-22-8-7-15(24)10-14(22)3-4-16-18-6-5-17(13-9-21(26)27-12-13)23(18,2)20(25)11-19(16)22/h9,14-20,24-25H,3-8,10-12H2,1-2H3/t14-,15+,16+,17-,18?,19+,20-,22+,23-/m1/s1. The van der Waals surface area contributed by atoms with Gasteiger partial charge in [0.25, 0.3) is 0 Å². The van der Waals surface area contributed by atoms with Crippen molar-refractivity contribution in [1.29, 1.82) is 0 Å². The molecule has 0 aromatic carbocycles. The summed E-state index contributed by atoms with van der Waals surface area (Å²) in [5.74, 6) is 2.47. The van der Waals surface area contributed by atoms with Crippen molar-refractivity contribution in [1.82, 2.24) is 0 Å². The number of rotatable bonds is 1. The zero-order chi connectivity index (χ0) is 19.0. The molecule has 4 saturated carbocycles. The van der Waals surface area contributed by atoms with Gasteiger partial charge in [-0.1, -0.05) is 13.8 Å². The summed E-state index contributed by atoms with van der Waals surface area (Å²) in [5.41, 5.74) is 1.26. The lowest BCUT2D eigenvalue weighted by Gasteiger charge is -2.62. The van der Waals surface area contributed by atoms with Gasteiger partial charge in [-0.2, -0.15) is 0 Å². The molecule has 2 N–H and O–H groups in total. The first kappa shape index (κ1) is 18.2. The van der Waals surface area contributed by atoms with Crippen LogP contribution in [-0.4, -0.2) is 35.0 Å². The highest BCUT2D eigenvalue weighted by Gasteiger charge is 2.63. The summed E-state index contributed by atoms with van der Waals surface area (Å²) in [4.78, 5) is 11.6. The topological polar surface area (TPSA) is 66.8 Å². The van der Waals surface area contributed by atoms with Gasteiger partial charge in [0.05, 0.1) is 12.2 Å². The Morgan fingerprint density at radius 3 is 2.59 bits per heavy atom. The first-order valence-corrected chi connectivity index (χ1v) is 11.1. The minimum absolute atomic E-state index is 0.124. The summed E-state index contributed by atoms with van der Waals surface area (Å²) in [7, 11) is 0. The Labute approximate surface area is 162 Å². The molecule has 4 heteroatoms. The van der Waals surface area contributed by atoms with E-state index in [2.05, 4.69) is 13.8 Å². The Morgan fingerprint density at radius 1 is 1.04 bits per heavy atom. The summed E-state index contributed by atoms with van der Waals surface area (Å²) in [6.45, 7) is 5.16. The number of cyclic esters (lactones) is 1. The molecular weight excluding hydrogens is 340 g/mol. The van der Waals surface area contributed by atoms with Gasteiger partial charge >= 0.3 is 5.97 Å². The van der Waals surface area contributed by atoms with Crippen molar-refractivity contribution in [3.8, 4) is 0 Å². The van der Waals surface area contributed by atoms with E-state index in [-0.39, 0.29) is 34.9 Å².